The van der Waals surface area contributed by atoms with E-state index in [4.69, 9.17) is 9.60 Å². The molecule has 2 aromatic rings. The Kier molecular flexibility index (Phi) is 2.76. The van der Waals surface area contributed by atoms with Crippen molar-refractivity contribution in [1.82, 2.24) is 4.98 Å². The van der Waals surface area contributed by atoms with Gasteiger partial charge in [0.2, 0.25) is 0 Å². The summed E-state index contributed by atoms with van der Waals surface area (Å²) in [6.45, 7) is 1.16. The first kappa shape index (κ1) is 9.14. The number of hydrogen-bond donors (Lipinski definition) is 0. The molecule has 0 aliphatic rings. The van der Waals surface area contributed by atoms with E-state index in [9.17, 15) is 0 Å². The molecule has 21 heavy (non-hydrogen) atoms. The first-order valence-electron chi connectivity index (χ1n) is 10.7. The number of hydrogen-bond acceptors (Lipinski definition) is 1. The maximum absolute atomic E-state index is 8.62. The monoisotopic (exact) mass is 350 g/mol. The fraction of sp³-hybridized carbons (Fsp3) is 0.421. The van der Waals surface area contributed by atoms with Crippen LogP contribution in [0.1, 0.15) is 34.6 Å². The molecule has 1 aromatic heterocycles. The number of nitrogens with zero attached hydrogens (tertiary/aromatic N) is 1. The van der Waals surface area contributed by atoms with Crippen LogP contribution >= 0.6 is 0 Å². The molecule has 0 amide bonds. The summed E-state index contributed by atoms with van der Waals surface area (Å²) in [6, 6.07) is 4.06. The van der Waals surface area contributed by atoms with Crippen LogP contribution in [0.25, 0.3) is 11.3 Å². The van der Waals surface area contributed by atoms with Gasteiger partial charge in [0.15, 0.2) is 0 Å². The molecule has 2 heteroatoms. The Bertz CT molecular complexity index is 860. The van der Waals surface area contributed by atoms with E-state index >= 15 is 0 Å². The van der Waals surface area contributed by atoms with Gasteiger partial charge in [-0.15, -0.1) is 0 Å². The fourth-order valence-electron chi connectivity index (χ4n) is 2.17. The van der Waals surface area contributed by atoms with E-state index in [-0.39, 0.29) is 23.6 Å². The Morgan fingerprint density at radius 3 is 2.48 bits per heavy atom. The Morgan fingerprint density at radius 1 is 1.29 bits per heavy atom. The molecule has 0 fully saturated rings. The molecule has 0 unspecified atom stereocenters. The summed E-state index contributed by atoms with van der Waals surface area (Å²) < 4.78 is 56.9. The van der Waals surface area contributed by atoms with Crippen molar-refractivity contribution in [2.45, 2.75) is 44.3 Å². The molecule has 1 nitrogen and oxygen atoms in total. The van der Waals surface area contributed by atoms with Crippen molar-refractivity contribution < 1.29 is 9.60 Å². The maximum atomic E-state index is 8.62. The molecule has 0 aliphatic carbocycles. The van der Waals surface area contributed by atoms with Crippen molar-refractivity contribution in [2.75, 3.05) is 0 Å². The Morgan fingerprint density at radius 2 is 1.95 bits per heavy atom. The van der Waals surface area contributed by atoms with Gasteiger partial charge < -0.3 is 0 Å². The first-order chi connectivity index (χ1) is 12.6. The summed E-state index contributed by atoms with van der Waals surface area (Å²) in [5.74, 6) is 6.32. The van der Waals surface area contributed by atoms with E-state index in [0.29, 0.717) is 16.8 Å². The predicted molar refractivity (Wildman–Crippen MR) is 95.9 cm³/mol. The second-order valence-electron chi connectivity index (χ2n) is 6.57. The van der Waals surface area contributed by atoms with Crippen molar-refractivity contribution in [2.24, 2.45) is 5.92 Å². The van der Waals surface area contributed by atoms with E-state index < -0.39 is 26.5 Å². The molecular weight excluding hydrogens is 315 g/mol. The summed E-state index contributed by atoms with van der Waals surface area (Å²) in [6.07, 6.45) is 0.188. The van der Waals surface area contributed by atoms with Crippen LogP contribution < -0.4 is 4.40 Å². The molecule has 0 radical (unpaired) electrons. The van der Waals surface area contributed by atoms with Gasteiger partial charge in [-0.25, -0.2) is 0 Å². The zero-order valence-corrected chi connectivity index (χ0v) is 15.4. The van der Waals surface area contributed by atoms with Crippen LogP contribution in [-0.4, -0.2) is 18.3 Å². The Labute approximate surface area is 142 Å². The Balaban J connectivity index is 2.72. The van der Waals surface area contributed by atoms with E-state index in [2.05, 4.69) is 22.3 Å². The molecule has 0 atom stereocenters. The quantitative estimate of drug-likeness (QED) is 0.723. The second-order valence-corrected chi connectivity index (χ2v) is 17.1. The summed E-state index contributed by atoms with van der Waals surface area (Å²) in [5, 5.41) is 0. The molecule has 1 heterocycles. The fourth-order valence-corrected chi connectivity index (χ4v) is 5.12. The van der Waals surface area contributed by atoms with Gasteiger partial charge in [-0.1, -0.05) is 0 Å². The van der Waals surface area contributed by atoms with Crippen molar-refractivity contribution >= 4 is 17.7 Å². The number of benzene rings is 1. The van der Waals surface area contributed by atoms with Gasteiger partial charge in [-0.05, 0) is 0 Å². The van der Waals surface area contributed by atoms with Crippen LogP contribution in [0.4, 0.5) is 0 Å². The third-order valence-electron chi connectivity index (χ3n) is 3.20. The van der Waals surface area contributed by atoms with Crippen LogP contribution in [0, 0.1) is 12.8 Å². The van der Waals surface area contributed by atoms with Crippen molar-refractivity contribution in [3.05, 3.63) is 47.6 Å². The molecule has 0 saturated heterocycles. The summed E-state index contributed by atoms with van der Waals surface area (Å²) in [4.78, 5) is 4.50. The summed E-state index contributed by atoms with van der Waals surface area (Å²) >= 11 is -2.41. The molecule has 0 aliphatic heterocycles. The van der Waals surface area contributed by atoms with Crippen molar-refractivity contribution in [3.8, 4) is 11.3 Å². The average Bonchev–Trinajstić information content (AvgIpc) is 2.51. The minimum atomic E-state index is -2.52. The molecule has 1 aromatic carbocycles. The van der Waals surface area contributed by atoms with E-state index in [1.54, 1.807) is 12.3 Å². The molecule has 0 bridgehead atoms. The number of pyridine rings is 1. The third kappa shape index (κ3) is 4.19. The van der Waals surface area contributed by atoms with Gasteiger partial charge in [0, 0.05) is 0 Å². The molecule has 0 N–H and O–H groups in total. The van der Waals surface area contributed by atoms with E-state index in [1.807, 2.05) is 13.8 Å². The van der Waals surface area contributed by atoms with Crippen LogP contribution in [0.5, 0.6) is 0 Å². The zero-order valence-electron chi connectivity index (χ0n) is 20.3. The Hall–Kier alpha value is -1.09. The number of aromatic nitrogens is 1. The first-order valence-corrected chi connectivity index (χ1v) is 14.5. The van der Waals surface area contributed by atoms with Crippen LogP contribution in [0.15, 0.2) is 36.5 Å². The normalized spacial score (nSPS) is 18.1. The SMILES string of the molecule is [2H]c1cc(-c2cc(C([2H])([2H])C(C)C)[c]([Ge]([CH3])([CH3])[CH3])cn2)cc([2H])c1C([2H])([2H])[2H]. The minimum absolute atomic E-state index is 0.227. The van der Waals surface area contributed by atoms with Gasteiger partial charge in [0.25, 0.3) is 0 Å². The second kappa shape index (κ2) is 6.35. The zero-order chi connectivity index (χ0) is 21.7. The van der Waals surface area contributed by atoms with Crippen LogP contribution in [0.3, 0.4) is 0 Å². The standard InChI is InChI=1S/C19H27GeN/c1-14(2)11-17-12-19(16-9-7-15(3)8-10-16)21-13-18(17)20(4,5)6/h7-10,12-14H,11H2,1-6H3/i3D3,7D,8D,11D2. The van der Waals surface area contributed by atoms with Crippen LogP contribution in [-0.2, 0) is 6.37 Å². The summed E-state index contributed by atoms with van der Waals surface area (Å²) in [5.41, 5.74) is 1.24. The van der Waals surface area contributed by atoms with E-state index in [0.717, 1.165) is 4.40 Å². The predicted octanol–water partition coefficient (Wildman–Crippen LogP) is 4.80. The molecule has 0 spiro atoms. The van der Waals surface area contributed by atoms with Crippen LogP contribution in [0.2, 0.25) is 17.3 Å². The molecule has 0 saturated carbocycles. The molecular formula is C19H27GeN. The van der Waals surface area contributed by atoms with Crippen molar-refractivity contribution in [1.29, 1.82) is 0 Å². The third-order valence-corrected chi connectivity index (χ3v) is 7.42. The average molecular weight is 349 g/mol. The topological polar surface area (TPSA) is 12.9 Å². The van der Waals surface area contributed by atoms with Gasteiger partial charge in [0.1, 0.15) is 0 Å². The van der Waals surface area contributed by atoms with Gasteiger partial charge in [0.05, 0.1) is 0 Å². The molecule has 2 rings (SSSR count). The summed E-state index contributed by atoms with van der Waals surface area (Å²) in [7, 11) is 0. The van der Waals surface area contributed by atoms with Gasteiger partial charge >= 0.3 is 141 Å². The molecule has 112 valence electrons. The van der Waals surface area contributed by atoms with E-state index in [1.165, 1.54) is 12.1 Å². The van der Waals surface area contributed by atoms with Crippen molar-refractivity contribution in [3.63, 3.8) is 0 Å². The van der Waals surface area contributed by atoms with Gasteiger partial charge in [-0.3, -0.25) is 0 Å². The number of rotatable bonds is 4. The van der Waals surface area contributed by atoms with Gasteiger partial charge in [-0.2, -0.15) is 0 Å².